The number of hydrogen-bond donors (Lipinski definition) is 1. The summed E-state index contributed by atoms with van der Waals surface area (Å²) in [6.45, 7) is 0. The predicted molar refractivity (Wildman–Crippen MR) is 75.9 cm³/mol. The fraction of sp³-hybridized carbons (Fsp3) is 0.353. The quantitative estimate of drug-likeness (QED) is 0.922. The molecular weight excluding hydrogens is 253 g/mol. The minimum absolute atomic E-state index is 0.346. The molecule has 2 aromatic rings. The van der Waals surface area contributed by atoms with Crippen molar-refractivity contribution in [3.05, 3.63) is 65.2 Å². The van der Waals surface area contributed by atoms with E-state index < -0.39 is 11.9 Å². The molecule has 3 heteroatoms. The smallest absolute Gasteiger partial charge is 0.141 e. The van der Waals surface area contributed by atoms with Crippen LogP contribution in [0.25, 0.3) is 0 Å². The first kappa shape index (κ1) is 13.3. The first-order valence-electron chi connectivity index (χ1n) is 7.10. The Kier molecular flexibility index (Phi) is 3.79. The number of aryl methyl sites for hydroxylation is 1. The second-order valence-corrected chi connectivity index (χ2v) is 5.48. The molecule has 0 saturated carbocycles. The molecule has 0 radical (unpaired) electrons. The minimum atomic E-state index is -0.658. The van der Waals surface area contributed by atoms with Gasteiger partial charge in [0, 0.05) is 11.8 Å². The molecule has 1 aromatic heterocycles. The van der Waals surface area contributed by atoms with E-state index in [-0.39, 0.29) is 0 Å². The van der Waals surface area contributed by atoms with Crippen LogP contribution >= 0.6 is 0 Å². The molecule has 1 aliphatic rings. The van der Waals surface area contributed by atoms with Crippen LogP contribution in [0.15, 0.2) is 42.7 Å². The predicted octanol–water partition coefficient (Wildman–Crippen LogP) is 3.76. The van der Waals surface area contributed by atoms with Crippen LogP contribution in [0.1, 0.15) is 48.0 Å². The lowest BCUT2D eigenvalue weighted by atomic mass is 9.79. The Balaban J connectivity index is 1.79. The summed E-state index contributed by atoms with van der Waals surface area (Å²) in [5, 5.41) is 10.3. The van der Waals surface area contributed by atoms with Gasteiger partial charge in [-0.3, -0.25) is 4.98 Å². The molecule has 2 atom stereocenters. The second-order valence-electron chi connectivity index (χ2n) is 5.48. The topological polar surface area (TPSA) is 33.1 Å². The molecule has 0 spiro atoms. The molecule has 0 amide bonds. The van der Waals surface area contributed by atoms with Gasteiger partial charge >= 0.3 is 0 Å². The Bertz CT molecular complexity index is 599. The van der Waals surface area contributed by atoms with Crippen LogP contribution < -0.4 is 0 Å². The van der Waals surface area contributed by atoms with Crippen molar-refractivity contribution >= 4 is 0 Å². The summed E-state index contributed by atoms with van der Waals surface area (Å²) >= 11 is 0. The molecule has 104 valence electrons. The van der Waals surface area contributed by atoms with E-state index in [4.69, 9.17) is 0 Å². The Hall–Kier alpha value is -1.74. The number of aromatic nitrogens is 1. The van der Waals surface area contributed by atoms with Crippen molar-refractivity contribution in [2.24, 2.45) is 0 Å². The molecule has 1 aliphatic carbocycles. The van der Waals surface area contributed by atoms with Gasteiger partial charge in [-0.1, -0.05) is 24.3 Å². The SMILES string of the molecule is OC(CC1CCCc2ccccc21)c1cncc(F)c1. The number of fused-ring (bicyclic) bond motifs is 1. The highest BCUT2D eigenvalue weighted by molar-refractivity contribution is 5.33. The monoisotopic (exact) mass is 271 g/mol. The lowest BCUT2D eigenvalue weighted by Crippen LogP contribution is -2.13. The first-order chi connectivity index (χ1) is 9.74. The highest BCUT2D eigenvalue weighted by Crippen LogP contribution is 2.37. The number of pyridine rings is 1. The molecule has 3 rings (SSSR count). The Morgan fingerprint density at radius 2 is 2.15 bits per heavy atom. The van der Waals surface area contributed by atoms with Crippen LogP contribution in [0.3, 0.4) is 0 Å². The fourth-order valence-corrected chi connectivity index (χ4v) is 3.12. The van der Waals surface area contributed by atoms with Crippen molar-refractivity contribution in [1.82, 2.24) is 4.98 Å². The zero-order valence-corrected chi connectivity index (χ0v) is 11.3. The number of benzene rings is 1. The third kappa shape index (κ3) is 2.73. The summed E-state index contributed by atoms with van der Waals surface area (Å²) in [4.78, 5) is 3.81. The van der Waals surface area contributed by atoms with Gasteiger partial charge in [0.15, 0.2) is 0 Å². The van der Waals surface area contributed by atoms with Crippen molar-refractivity contribution in [1.29, 1.82) is 0 Å². The van der Waals surface area contributed by atoms with Gasteiger partial charge in [0.2, 0.25) is 0 Å². The zero-order chi connectivity index (χ0) is 13.9. The number of aliphatic hydroxyl groups excluding tert-OH is 1. The minimum Gasteiger partial charge on any atom is -0.388 e. The molecular formula is C17H18FNO. The molecule has 2 nitrogen and oxygen atoms in total. The molecule has 0 fully saturated rings. The van der Waals surface area contributed by atoms with E-state index >= 15 is 0 Å². The van der Waals surface area contributed by atoms with E-state index in [0.29, 0.717) is 17.9 Å². The third-order valence-corrected chi connectivity index (χ3v) is 4.11. The number of rotatable bonds is 3. The largest absolute Gasteiger partial charge is 0.388 e. The molecule has 2 unspecified atom stereocenters. The van der Waals surface area contributed by atoms with Crippen LogP contribution in [-0.2, 0) is 6.42 Å². The molecule has 0 bridgehead atoms. The van der Waals surface area contributed by atoms with Gasteiger partial charge in [0.25, 0.3) is 0 Å². The second kappa shape index (κ2) is 5.71. The maximum atomic E-state index is 13.2. The Morgan fingerprint density at radius 1 is 1.30 bits per heavy atom. The summed E-state index contributed by atoms with van der Waals surface area (Å²) in [5.74, 6) is -0.0520. The zero-order valence-electron chi connectivity index (χ0n) is 11.3. The average molecular weight is 271 g/mol. The van der Waals surface area contributed by atoms with Crippen molar-refractivity contribution in [2.75, 3.05) is 0 Å². The van der Waals surface area contributed by atoms with Crippen LogP contribution in [0.5, 0.6) is 0 Å². The van der Waals surface area contributed by atoms with E-state index in [2.05, 4.69) is 23.2 Å². The summed E-state index contributed by atoms with van der Waals surface area (Å²) in [6, 6.07) is 9.79. The normalized spacial score (nSPS) is 19.4. The average Bonchev–Trinajstić information content (AvgIpc) is 2.47. The molecule has 1 aromatic carbocycles. The maximum absolute atomic E-state index is 13.2. The van der Waals surface area contributed by atoms with Gasteiger partial charge in [-0.05, 0) is 48.8 Å². The number of nitrogens with zero attached hydrogens (tertiary/aromatic N) is 1. The summed E-state index contributed by atoms with van der Waals surface area (Å²) in [5.41, 5.74) is 3.28. The first-order valence-corrected chi connectivity index (χ1v) is 7.10. The van der Waals surface area contributed by atoms with Gasteiger partial charge < -0.3 is 5.11 Å². The Morgan fingerprint density at radius 3 is 3.00 bits per heavy atom. The van der Waals surface area contributed by atoms with Gasteiger partial charge in [-0.15, -0.1) is 0 Å². The standard InChI is InChI=1S/C17H18FNO/c18-15-8-14(10-19-11-15)17(20)9-13-6-3-5-12-4-1-2-7-16(12)13/h1-2,4,7-8,10-11,13,17,20H,3,5-6,9H2. The van der Waals surface area contributed by atoms with Crippen LogP contribution in [0.2, 0.25) is 0 Å². The van der Waals surface area contributed by atoms with E-state index in [1.165, 1.54) is 17.2 Å². The van der Waals surface area contributed by atoms with Crippen LogP contribution in [0.4, 0.5) is 4.39 Å². The lowest BCUT2D eigenvalue weighted by molar-refractivity contribution is 0.153. The molecule has 20 heavy (non-hydrogen) atoms. The summed E-state index contributed by atoms with van der Waals surface area (Å²) < 4.78 is 13.2. The highest BCUT2D eigenvalue weighted by atomic mass is 19.1. The number of aliphatic hydroxyl groups is 1. The summed E-state index contributed by atoms with van der Waals surface area (Å²) in [6.07, 6.45) is 6.02. The Labute approximate surface area is 118 Å². The highest BCUT2D eigenvalue weighted by Gasteiger charge is 2.23. The van der Waals surface area contributed by atoms with Crippen molar-refractivity contribution < 1.29 is 9.50 Å². The summed E-state index contributed by atoms with van der Waals surface area (Å²) in [7, 11) is 0. The van der Waals surface area contributed by atoms with Crippen LogP contribution in [-0.4, -0.2) is 10.1 Å². The molecule has 0 aliphatic heterocycles. The van der Waals surface area contributed by atoms with Gasteiger partial charge in [-0.2, -0.15) is 0 Å². The molecule has 1 N–H and O–H groups in total. The van der Waals surface area contributed by atoms with E-state index in [1.54, 1.807) is 6.20 Å². The van der Waals surface area contributed by atoms with E-state index in [1.807, 2.05) is 6.07 Å². The van der Waals surface area contributed by atoms with E-state index in [0.717, 1.165) is 25.5 Å². The van der Waals surface area contributed by atoms with Crippen LogP contribution in [0, 0.1) is 5.82 Å². The third-order valence-electron chi connectivity index (χ3n) is 4.11. The number of hydrogen-bond acceptors (Lipinski definition) is 2. The maximum Gasteiger partial charge on any atom is 0.141 e. The fourth-order valence-electron chi connectivity index (χ4n) is 3.12. The van der Waals surface area contributed by atoms with Crippen molar-refractivity contribution in [3.63, 3.8) is 0 Å². The van der Waals surface area contributed by atoms with Crippen molar-refractivity contribution in [2.45, 2.75) is 37.7 Å². The van der Waals surface area contributed by atoms with Crippen molar-refractivity contribution in [3.8, 4) is 0 Å². The molecule has 0 saturated heterocycles. The molecule has 1 heterocycles. The van der Waals surface area contributed by atoms with Gasteiger partial charge in [0.1, 0.15) is 5.82 Å². The van der Waals surface area contributed by atoms with Gasteiger partial charge in [0.05, 0.1) is 12.3 Å². The van der Waals surface area contributed by atoms with E-state index in [9.17, 15) is 9.50 Å². The van der Waals surface area contributed by atoms with Gasteiger partial charge in [-0.25, -0.2) is 4.39 Å². The number of halogens is 1. The lowest BCUT2D eigenvalue weighted by Gasteiger charge is -2.27.